The second kappa shape index (κ2) is 3.38. The first-order valence-corrected chi connectivity index (χ1v) is 4.48. The Morgan fingerprint density at radius 1 is 1.13 bits per heavy atom. The minimum Gasteiger partial charge on any atom is -0.256 e. The van der Waals surface area contributed by atoms with Crippen molar-refractivity contribution in [3.63, 3.8) is 0 Å². The zero-order valence-electron chi connectivity index (χ0n) is 7.35. The Labute approximate surface area is 88.5 Å². The number of alkyl halides is 3. The van der Waals surface area contributed by atoms with E-state index in [4.69, 9.17) is 11.6 Å². The molecular weight excluding hydrogens is 227 g/mol. The van der Waals surface area contributed by atoms with Crippen molar-refractivity contribution < 1.29 is 13.2 Å². The van der Waals surface area contributed by atoms with Crippen LogP contribution in [0.15, 0.2) is 30.5 Å². The number of rotatable bonds is 0. The molecule has 0 atom stereocenters. The minimum absolute atomic E-state index is 0.298. The summed E-state index contributed by atoms with van der Waals surface area (Å²) in [6.07, 6.45) is -2.92. The van der Waals surface area contributed by atoms with Crippen LogP contribution < -0.4 is 0 Å². The molecular formula is C10H5ClF3N. The van der Waals surface area contributed by atoms with E-state index in [1.165, 1.54) is 18.3 Å². The number of aromatic nitrogens is 1. The van der Waals surface area contributed by atoms with E-state index >= 15 is 0 Å². The summed E-state index contributed by atoms with van der Waals surface area (Å²) in [5, 5.41) is 0.0158. The molecule has 0 fully saturated rings. The predicted molar refractivity (Wildman–Crippen MR) is 51.8 cm³/mol. The lowest BCUT2D eigenvalue weighted by atomic mass is 10.1. The van der Waals surface area contributed by atoms with Crippen LogP contribution in [0.2, 0.25) is 5.02 Å². The van der Waals surface area contributed by atoms with Gasteiger partial charge in [-0.3, -0.25) is 4.98 Å². The van der Waals surface area contributed by atoms with Crippen molar-refractivity contribution in [2.75, 3.05) is 0 Å². The molecule has 0 saturated carbocycles. The first-order chi connectivity index (χ1) is 7.00. The van der Waals surface area contributed by atoms with Crippen molar-refractivity contribution in [1.82, 2.24) is 4.98 Å². The van der Waals surface area contributed by atoms with Crippen molar-refractivity contribution in [1.29, 1.82) is 0 Å². The number of benzene rings is 1. The van der Waals surface area contributed by atoms with Crippen molar-refractivity contribution in [3.8, 4) is 0 Å². The highest BCUT2D eigenvalue weighted by Crippen LogP contribution is 2.37. The highest BCUT2D eigenvalue weighted by atomic mass is 35.5. The fraction of sp³-hybridized carbons (Fsp3) is 0.100. The summed E-state index contributed by atoms with van der Waals surface area (Å²) in [7, 11) is 0. The van der Waals surface area contributed by atoms with Gasteiger partial charge in [0.15, 0.2) is 0 Å². The molecule has 15 heavy (non-hydrogen) atoms. The SMILES string of the molecule is FC(F)(F)c1ccc2ncccc2c1Cl. The van der Waals surface area contributed by atoms with Gasteiger partial charge in [0.2, 0.25) is 0 Å². The average Bonchev–Trinajstić information content (AvgIpc) is 2.16. The molecule has 0 radical (unpaired) electrons. The summed E-state index contributed by atoms with van der Waals surface area (Å²) >= 11 is 5.67. The third-order valence-corrected chi connectivity index (χ3v) is 2.43. The van der Waals surface area contributed by atoms with E-state index in [2.05, 4.69) is 4.98 Å². The van der Waals surface area contributed by atoms with Gasteiger partial charge in [0.05, 0.1) is 16.1 Å². The summed E-state index contributed by atoms with van der Waals surface area (Å²) in [5.74, 6) is 0. The van der Waals surface area contributed by atoms with Crippen molar-refractivity contribution in [3.05, 3.63) is 41.0 Å². The zero-order valence-corrected chi connectivity index (χ0v) is 8.10. The fourth-order valence-electron chi connectivity index (χ4n) is 1.34. The summed E-state index contributed by atoms with van der Waals surface area (Å²) < 4.78 is 37.4. The van der Waals surface area contributed by atoms with Crippen LogP contribution in [0.3, 0.4) is 0 Å². The molecule has 0 N–H and O–H groups in total. The van der Waals surface area contributed by atoms with Gasteiger partial charge in [-0.2, -0.15) is 13.2 Å². The molecule has 2 rings (SSSR count). The Bertz CT molecular complexity index is 507. The molecule has 78 valence electrons. The number of hydrogen-bond donors (Lipinski definition) is 0. The molecule has 0 aliphatic carbocycles. The predicted octanol–water partition coefficient (Wildman–Crippen LogP) is 3.91. The van der Waals surface area contributed by atoms with Crippen LogP contribution in [0.5, 0.6) is 0 Å². The standard InChI is InChI=1S/C10H5ClF3N/c11-9-6-2-1-5-15-8(6)4-3-7(9)10(12,13)14/h1-5H. The van der Waals surface area contributed by atoms with Gasteiger partial charge in [0.1, 0.15) is 0 Å². The molecule has 1 nitrogen and oxygen atoms in total. The maximum atomic E-state index is 12.5. The molecule has 0 spiro atoms. The van der Waals surface area contributed by atoms with Crippen molar-refractivity contribution in [2.24, 2.45) is 0 Å². The lowest BCUT2D eigenvalue weighted by molar-refractivity contribution is -0.137. The van der Waals surface area contributed by atoms with Gasteiger partial charge in [0.25, 0.3) is 0 Å². The van der Waals surface area contributed by atoms with E-state index in [9.17, 15) is 13.2 Å². The second-order valence-corrected chi connectivity index (χ2v) is 3.37. The Morgan fingerprint density at radius 3 is 2.53 bits per heavy atom. The third-order valence-electron chi connectivity index (χ3n) is 2.02. The quantitative estimate of drug-likeness (QED) is 0.670. The molecule has 0 aliphatic heterocycles. The maximum Gasteiger partial charge on any atom is 0.417 e. The molecule has 2 aromatic rings. The number of pyridine rings is 1. The van der Waals surface area contributed by atoms with E-state index < -0.39 is 11.7 Å². The molecule has 1 aromatic carbocycles. The van der Waals surface area contributed by atoms with E-state index in [1.54, 1.807) is 6.07 Å². The zero-order chi connectivity index (χ0) is 11.1. The minimum atomic E-state index is -4.43. The lowest BCUT2D eigenvalue weighted by Gasteiger charge is -2.10. The Kier molecular flexibility index (Phi) is 2.31. The average molecular weight is 232 g/mol. The Balaban J connectivity index is 2.76. The fourth-order valence-corrected chi connectivity index (χ4v) is 1.67. The van der Waals surface area contributed by atoms with Crippen LogP contribution in [-0.4, -0.2) is 4.98 Å². The molecule has 0 bridgehead atoms. The maximum absolute atomic E-state index is 12.5. The van der Waals surface area contributed by atoms with Gasteiger partial charge < -0.3 is 0 Å². The van der Waals surface area contributed by atoms with Crippen LogP contribution in [0.1, 0.15) is 5.56 Å². The Morgan fingerprint density at radius 2 is 1.87 bits per heavy atom. The first kappa shape index (κ1) is 10.2. The molecule has 0 saturated heterocycles. The van der Waals surface area contributed by atoms with Crippen molar-refractivity contribution in [2.45, 2.75) is 6.18 Å². The summed E-state index contributed by atoms with van der Waals surface area (Å²) in [6, 6.07) is 5.32. The third kappa shape index (κ3) is 1.77. The largest absolute Gasteiger partial charge is 0.417 e. The Hall–Kier alpha value is -1.29. The van der Waals surface area contributed by atoms with Crippen LogP contribution in [0, 0.1) is 0 Å². The number of halogens is 4. The molecule has 0 unspecified atom stereocenters. The smallest absolute Gasteiger partial charge is 0.256 e. The topological polar surface area (TPSA) is 12.9 Å². The number of hydrogen-bond acceptors (Lipinski definition) is 1. The molecule has 0 amide bonds. The molecule has 0 aliphatic rings. The highest BCUT2D eigenvalue weighted by Gasteiger charge is 2.33. The van der Waals surface area contributed by atoms with Crippen LogP contribution in [-0.2, 0) is 6.18 Å². The van der Waals surface area contributed by atoms with Gasteiger partial charge in [0, 0.05) is 11.6 Å². The number of fused-ring (bicyclic) bond motifs is 1. The van der Waals surface area contributed by atoms with Gasteiger partial charge >= 0.3 is 6.18 Å². The van der Waals surface area contributed by atoms with E-state index in [-0.39, 0.29) is 5.02 Å². The normalized spacial score (nSPS) is 12.0. The summed E-state index contributed by atoms with van der Waals surface area (Å²) in [6.45, 7) is 0. The number of nitrogens with zero attached hydrogens (tertiary/aromatic N) is 1. The van der Waals surface area contributed by atoms with E-state index in [1.807, 2.05) is 0 Å². The van der Waals surface area contributed by atoms with Gasteiger partial charge in [-0.05, 0) is 24.3 Å². The molecule has 1 aromatic heterocycles. The van der Waals surface area contributed by atoms with Crippen LogP contribution in [0.25, 0.3) is 10.9 Å². The van der Waals surface area contributed by atoms with Crippen LogP contribution in [0.4, 0.5) is 13.2 Å². The van der Waals surface area contributed by atoms with E-state index in [0.29, 0.717) is 10.9 Å². The lowest BCUT2D eigenvalue weighted by Crippen LogP contribution is -2.05. The van der Waals surface area contributed by atoms with Crippen LogP contribution >= 0.6 is 11.6 Å². The van der Waals surface area contributed by atoms with Gasteiger partial charge in [-0.25, -0.2) is 0 Å². The molecule has 1 heterocycles. The second-order valence-electron chi connectivity index (χ2n) is 2.99. The summed E-state index contributed by atoms with van der Waals surface area (Å²) in [4.78, 5) is 3.91. The van der Waals surface area contributed by atoms with Crippen molar-refractivity contribution >= 4 is 22.5 Å². The van der Waals surface area contributed by atoms with Gasteiger partial charge in [-0.1, -0.05) is 11.6 Å². The first-order valence-electron chi connectivity index (χ1n) is 4.10. The monoisotopic (exact) mass is 231 g/mol. The molecule has 5 heteroatoms. The van der Waals surface area contributed by atoms with E-state index in [0.717, 1.165) is 6.07 Å². The summed E-state index contributed by atoms with van der Waals surface area (Å²) in [5.41, 5.74) is -0.375. The highest BCUT2D eigenvalue weighted by molar-refractivity contribution is 6.36. The van der Waals surface area contributed by atoms with Gasteiger partial charge in [-0.15, -0.1) is 0 Å².